The molecule has 11 nitrogen and oxygen atoms in total. The van der Waals surface area contributed by atoms with Crippen molar-refractivity contribution in [3.8, 4) is 0 Å². The first-order valence-electron chi connectivity index (χ1n) is 11.5. The maximum Gasteiger partial charge on any atom is 0.254 e. The van der Waals surface area contributed by atoms with Crippen LogP contribution in [0.5, 0.6) is 0 Å². The molecule has 1 aromatic carbocycles. The van der Waals surface area contributed by atoms with Gasteiger partial charge in [0.05, 0.1) is 6.54 Å². The molecule has 0 saturated carbocycles. The number of guanidine groups is 1. The first-order valence-corrected chi connectivity index (χ1v) is 12.7. The highest BCUT2D eigenvalue weighted by molar-refractivity contribution is 7.98. The number of rotatable bonds is 7. The number of benzene rings is 1. The highest BCUT2D eigenvalue weighted by Crippen LogP contribution is 2.21. The molecule has 35 heavy (non-hydrogen) atoms. The van der Waals surface area contributed by atoms with E-state index in [-0.39, 0.29) is 49.8 Å². The van der Waals surface area contributed by atoms with Crippen molar-refractivity contribution >= 4 is 41.4 Å². The van der Waals surface area contributed by atoms with E-state index >= 15 is 0 Å². The minimum absolute atomic E-state index is 0.0657. The molecule has 0 saturated heterocycles. The van der Waals surface area contributed by atoms with Crippen LogP contribution in [0.4, 0.5) is 0 Å². The van der Waals surface area contributed by atoms with Gasteiger partial charge in [0.25, 0.3) is 5.91 Å². The van der Waals surface area contributed by atoms with Crippen LogP contribution in [0.3, 0.4) is 0 Å². The van der Waals surface area contributed by atoms with Gasteiger partial charge in [-0.15, -0.1) is 0 Å². The number of fused-ring (bicyclic) bond motifs is 1. The molecule has 4 amide bonds. The van der Waals surface area contributed by atoms with Crippen LogP contribution in [0.1, 0.15) is 42.6 Å². The van der Waals surface area contributed by atoms with Crippen molar-refractivity contribution in [3.63, 3.8) is 0 Å². The highest BCUT2D eigenvalue weighted by atomic mass is 32.2. The largest absolute Gasteiger partial charge is 0.370 e. The third-order valence-electron chi connectivity index (χ3n) is 5.73. The summed E-state index contributed by atoms with van der Waals surface area (Å²) in [5.41, 5.74) is 17.5. The van der Waals surface area contributed by atoms with Crippen LogP contribution in [0.15, 0.2) is 29.3 Å². The first-order chi connectivity index (χ1) is 16.6. The molecule has 0 aliphatic carbocycles. The lowest BCUT2D eigenvalue weighted by atomic mass is 10.1. The molecular weight excluding hydrogens is 470 g/mol. The van der Waals surface area contributed by atoms with Crippen molar-refractivity contribution in [2.75, 3.05) is 31.9 Å². The Labute approximate surface area is 209 Å². The summed E-state index contributed by atoms with van der Waals surface area (Å²) in [7, 11) is 0. The molecule has 2 rings (SSSR count). The molecule has 0 aromatic heterocycles. The zero-order valence-corrected chi connectivity index (χ0v) is 21.1. The van der Waals surface area contributed by atoms with Gasteiger partial charge in [-0.1, -0.05) is 25.1 Å². The van der Waals surface area contributed by atoms with Crippen LogP contribution in [0.25, 0.3) is 0 Å². The fourth-order valence-corrected chi connectivity index (χ4v) is 4.63. The Bertz CT molecular complexity index is 952. The summed E-state index contributed by atoms with van der Waals surface area (Å²) >= 11 is 1.39. The van der Waals surface area contributed by atoms with Crippen LogP contribution in [-0.2, 0) is 20.1 Å². The first kappa shape index (κ1) is 28.0. The minimum Gasteiger partial charge on any atom is -0.370 e. The Hall–Kier alpha value is -3.28. The van der Waals surface area contributed by atoms with E-state index in [1.54, 1.807) is 17.0 Å². The summed E-state index contributed by atoms with van der Waals surface area (Å²) in [4.78, 5) is 58.4. The van der Waals surface area contributed by atoms with Gasteiger partial charge in [0.1, 0.15) is 12.6 Å². The van der Waals surface area contributed by atoms with Gasteiger partial charge in [-0.2, -0.15) is 11.8 Å². The number of aliphatic imine (C=N–C) groups is 1. The van der Waals surface area contributed by atoms with Gasteiger partial charge in [0.2, 0.25) is 17.7 Å². The predicted octanol–water partition coefficient (Wildman–Crippen LogP) is -0.364. The summed E-state index contributed by atoms with van der Waals surface area (Å²) in [6, 6.07) is 6.09. The quantitative estimate of drug-likeness (QED) is 0.222. The Morgan fingerprint density at radius 2 is 1.91 bits per heavy atom. The van der Waals surface area contributed by atoms with E-state index in [0.29, 0.717) is 24.2 Å². The molecule has 1 heterocycles. The van der Waals surface area contributed by atoms with Crippen molar-refractivity contribution in [2.24, 2.45) is 22.2 Å². The standard InChI is InChI=1S/C23H35N7O4S/c1-3-15(2)30-12-20(32)29(10-6-9-27-23(25)26)11-19(31)28-18(21(24)33)14-35-13-16-7-4-5-8-17(16)22(30)34/h4-5,7-8,15,18H,3,6,9-14H2,1-2H3,(H2,24,33)(H,28,31)(H4,25,26,27)/t15?,18-/m0/s1. The maximum atomic E-state index is 13.6. The maximum absolute atomic E-state index is 13.6. The summed E-state index contributed by atoms with van der Waals surface area (Å²) in [5, 5.41) is 2.63. The Kier molecular flexibility index (Phi) is 10.8. The third kappa shape index (κ3) is 8.46. The summed E-state index contributed by atoms with van der Waals surface area (Å²) in [5.74, 6) is -1.21. The average molecular weight is 506 g/mol. The van der Waals surface area contributed by atoms with Gasteiger partial charge in [0.15, 0.2) is 5.96 Å². The van der Waals surface area contributed by atoms with Crippen LogP contribution in [0, 0.1) is 0 Å². The summed E-state index contributed by atoms with van der Waals surface area (Å²) < 4.78 is 0. The predicted molar refractivity (Wildman–Crippen MR) is 136 cm³/mol. The molecule has 0 spiro atoms. The molecule has 2 atom stereocenters. The van der Waals surface area contributed by atoms with Gasteiger partial charge >= 0.3 is 0 Å². The Morgan fingerprint density at radius 3 is 2.57 bits per heavy atom. The summed E-state index contributed by atoms with van der Waals surface area (Å²) in [6.07, 6.45) is 1.06. The number of thioether (sulfide) groups is 1. The fourth-order valence-electron chi connectivity index (χ4n) is 3.56. The molecule has 0 bridgehead atoms. The molecular formula is C23H35N7O4S. The molecule has 1 aliphatic rings. The fraction of sp³-hybridized carbons (Fsp3) is 0.522. The van der Waals surface area contributed by atoms with E-state index in [2.05, 4.69) is 10.3 Å². The average Bonchev–Trinajstić information content (AvgIpc) is 2.82. The lowest BCUT2D eigenvalue weighted by Crippen LogP contribution is -2.52. The molecule has 7 N–H and O–H groups in total. The lowest BCUT2D eigenvalue weighted by Gasteiger charge is -2.32. The Morgan fingerprint density at radius 1 is 1.20 bits per heavy atom. The van der Waals surface area contributed by atoms with Crippen molar-refractivity contribution in [3.05, 3.63) is 35.4 Å². The van der Waals surface area contributed by atoms with E-state index in [4.69, 9.17) is 17.2 Å². The normalized spacial score (nSPS) is 18.8. The topological polar surface area (TPSA) is 177 Å². The van der Waals surface area contributed by atoms with E-state index < -0.39 is 23.8 Å². The van der Waals surface area contributed by atoms with Crippen molar-refractivity contribution < 1.29 is 19.2 Å². The third-order valence-corrected chi connectivity index (χ3v) is 6.81. The van der Waals surface area contributed by atoms with E-state index in [9.17, 15) is 19.2 Å². The molecule has 12 heteroatoms. The Balaban J connectivity index is 2.41. The van der Waals surface area contributed by atoms with Gasteiger partial charge in [-0.3, -0.25) is 24.2 Å². The smallest absolute Gasteiger partial charge is 0.254 e. The molecule has 1 unspecified atom stereocenters. The molecule has 0 radical (unpaired) electrons. The molecule has 192 valence electrons. The van der Waals surface area contributed by atoms with Crippen molar-refractivity contribution in [1.82, 2.24) is 15.1 Å². The number of primary amides is 1. The van der Waals surface area contributed by atoms with Gasteiger partial charge in [-0.05, 0) is 31.4 Å². The molecule has 0 fully saturated rings. The second-order valence-corrected chi connectivity index (χ2v) is 9.39. The van der Waals surface area contributed by atoms with Crippen LogP contribution >= 0.6 is 11.8 Å². The number of hydrogen-bond acceptors (Lipinski definition) is 6. The number of carbonyl (C=O) groups excluding carboxylic acids is 4. The zero-order chi connectivity index (χ0) is 26.0. The van der Waals surface area contributed by atoms with E-state index in [1.807, 2.05) is 26.0 Å². The van der Waals surface area contributed by atoms with E-state index in [1.165, 1.54) is 16.7 Å². The number of nitrogens with zero attached hydrogens (tertiary/aromatic N) is 3. The zero-order valence-electron chi connectivity index (χ0n) is 20.2. The van der Waals surface area contributed by atoms with E-state index in [0.717, 1.165) is 5.56 Å². The second-order valence-electron chi connectivity index (χ2n) is 8.36. The summed E-state index contributed by atoms with van der Waals surface area (Å²) in [6.45, 7) is 3.82. The van der Waals surface area contributed by atoms with Crippen LogP contribution in [-0.4, -0.2) is 83.4 Å². The van der Waals surface area contributed by atoms with Gasteiger partial charge < -0.3 is 32.3 Å². The SMILES string of the molecule is CCC(C)N1CC(=O)N(CCCN=C(N)N)CC(=O)N[C@H](C(N)=O)CSCc2ccccc2C1=O. The van der Waals surface area contributed by atoms with Crippen molar-refractivity contribution in [2.45, 2.75) is 44.5 Å². The monoisotopic (exact) mass is 505 g/mol. The van der Waals surface area contributed by atoms with Gasteiger partial charge in [-0.25, -0.2) is 0 Å². The number of carbonyl (C=O) groups is 4. The number of nitrogens with two attached hydrogens (primary N) is 3. The number of amides is 4. The molecule has 1 aromatic rings. The highest BCUT2D eigenvalue weighted by Gasteiger charge is 2.29. The molecule has 1 aliphatic heterocycles. The van der Waals surface area contributed by atoms with Crippen LogP contribution < -0.4 is 22.5 Å². The number of nitrogens with one attached hydrogen (secondary N) is 1. The number of hydrogen-bond donors (Lipinski definition) is 4. The second kappa shape index (κ2) is 13.6. The van der Waals surface area contributed by atoms with Crippen molar-refractivity contribution in [1.29, 1.82) is 0 Å². The minimum atomic E-state index is -0.909. The van der Waals surface area contributed by atoms with Gasteiger partial charge in [0, 0.05) is 36.2 Å². The lowest BCUT2D eigenvalue weighted by molar-refractivity contribution is -0.137. The van der Waals surface area contributed by atoms with Crippen LogP contribution in [0.2, 0.25) is 0 Å².